The molecule has 0 unspecified atom stereocenters. The summed E-state index contributed by atoms with van der Waals surface area (Å²) in [6.07, 6.45) is 4.86. The van der Waals surface area contributed by atoms with Crippen molar-refractivity contribution in [2.45, 2.75) is 38.6 Å². The zero-order chi connectivity index (χ0) is 15.6. The van der Waals surface area contributed by atoms with Crippen molar-refractivity contribution in [3.63, 3.8) is 0 Å². The van der Waals surface area contributed by atoms with Gasteiger partial charge in [-0.2, -0.15) is 0 Å². The molecule has 0 aliphatic carbocycles. The van der Waals surface area contributed by atoms with Gasteiger partial charge in [0.1, 0.15) is 6.33 Å². The van der Waals surface area contributed by atoms with E-state index in [1.807, 2.05) is 0 Å². The summed E-state index contributed by atoms with van der Waals surface area (Å²) < 4.78 is 5.56. The number of aryl methyl sites for hydroxylation is 1. The molecule has 23 heavy (non-hydrogen) atoms. The van der Waals surface area contributed by atoms with Crippen LogP contribution in [-0.2, 0) is 24.1 Å². The number of fused-ring (bicyclic) bond motifs is 1. The van der Waals surface area contributed by atoms with E-state index in [0.29, 0.717) is 5.92 Å². The lowest BCUT2D eigenvalue weighted by molar-refractivity contribution is 0.193. The third kappa shape index (κ3) is 3.29. The SMILES string of the molecule is Cc1nc(CN2CCc3ncnc([C@@H]4CCOC4)c3CC2)cs1. The summed E-state index contributed by atoms with van der Waals surface area (Å²) in [5.74, 6) is 0.458. The van der Waals surface area contributed by atoms with Gasteiger partial charge < -0.3 is 4.74 Å². The maximum Gasteiger partial charge on any atom is 0.115 e. The molecule has 1 fully saturated rings. The Hall–Kier alpha value is -1.37. The summed E-state index contributed by atoms with van der Waals surface area (Å²) >= 11 is 1.73. The Morgan fingerprint density at radius 3 is 3.00 bits per heavy atom. The minimum atomic E-state index is 0.458. The predicted octanol–water partition coefficient (Wildman–Crippen LogP) is 2.35. The highest BCUT2D eigenvalue weighted by molar-refractivity contribution is 7.09. The summed E-state index contributed by atoms with van der Waals surface area (Å²) in [6, 6.07) is 0. The molecule has 2 aliphatic heterocycles. The molecule has 0 N–H and O–H groups in total. The first kappa shape index (κ1) is 15.2. The molecule has 4 rings (SSSR count). The molecule has 1 saturated heterocycles. The van der Waals surface area contributed by atoms with Crippen LogP contribution in [0.25, 0.3) is 0 Å². The summed E-state index contributed by atoms with van der Waals surface area (Å²) in [5, 5.41) is 3.32. The van der Waals surface area contributed by atoms with Crippen molar-refractivity contribution in [2.75, 3.05) is 26.3 Å². The van der Waals surface area contributed by atoms with E-state index >= 15 is 0 Å². The normalized spacial score (nSPS) is 22.0. The third-order valence-electron chi connectivity index (χ3n) is 4.78. The van der Waals surface area contributed by atoms with Crippen molar-refractivity contribution >= 4 is 11.3 Å². The average molecular weight is 330 g/mol. The smallest absolute Gasteiger partial charge is 0.115 e. The first-order valence-corrected chi connectivity index (χ1v) is 9.21. The second-order valence-corrected chi connectivity index (χ2v) is 7.44. The minimum absolute atomic E-state index is 0.458. The second kappa shape index (κ2) is 6.63. The molecule has 6 heteroatoms. The van der Waals surface area contributed by atoms with E-state index in [2.05, 4.69) is 32.2 Å². The van der Waals surface area contributed by atoms with Crippen molar-refractivity contribution in [1.82, 2.24) is 19.9 Å². The highest BCUT2D eigenvalue weighted by Gasteiger charge is 2.26. The molecular weight excluding hydrogens is 308 g/mol. The standard InChI is InChI=1S/C17H22N4OS/c1-12-20-14(10-23-12)8-21-5-2-15-16(3-6-21)18-11-19-17(15)13-4-7-22-9-13/h10-11,13H,2-9H2,1H3/t13-/m1/s1. The summed E-state index contributed by atoms with van der Waals surface area (Å²) in [7, 11) is 0. The largest absolute Gasteiger partial charge is 0.381 e. The van der Waals surface area contributed by atoms with Crippen molar-refractivity contribution < 1.29 is 4.74 Å². The van der Waals surface area contributed by atoms with Gasteiger partial charge in [-0.15, -0.1) is 11.3 Å². The minimum Gasteiger partial charge on any atom is -0.381 e. The average Bonchev–Trinajstić information content (AvgIpc) is 3.17. The molecule has 4 heterocycles. The number of aromatic nitrogens is 3. The Morgan fingerprint density at radius 2 is 2.22 bits per heavy atom. The van der Waals surface area contributed by atoms with Crippen LogP contribution in [0.15, 0.2) is 11.7 Å². The van der Waals surface area contributed by atoms with E-state index in [1.165, 1.54) is 22.6 Å². The van der Waals surface area contributed by atoms with Crippen molar-refractivity contribution in [1.29, 1.82) is 0 Å². The number of hydrogen-bond donors (Lipinski definition) is 0. The summed E-state index contributed by atoms with van der Waals surface area (Å²) in [4.78, 5) is 16.3. The molecule has 0 aromatic carbocycles. The van der Waals surface area contributed by atoms with Crippen LogP contribution in [0.2, 0.25) is 0 Å². The van der Waals surface area contributed by atoms with Gasteiger partial charge >= 0.3 is 0 Å². The number of thiazole rings is 1. The zero-order valence-corrected chi connectivity index (χ0v) is 14.3. The topological polar surface area (TPSA) is 51.1 Å². The van der Waals surface area contributed by atoms with Crippen LogP contribution in [-0.4, -0.2) is 46.2 Å². The highest BCUT2D eigenvalue weighted by Crippen LogP contribution is 2.29. The Kier molecular flexibility index (Phi) is 4.37. The summed E-state index contributed by atoms with van der Waals surface area (Å²) in [5.41, 5.74) is 5.03. The first-order chi connectivity index (χ1) is 11.3. The Labute approximate surface area is 140 Å². The Balaban J connectivity index is 1.50. The predicted molar refractivity (Wildman–Crippen MR) is 89.7 cm³/mol. The lowest BCUT2D eigenvalue weighted by atomic mass is 9.96. The van der Waals surface area contributed by atoms with Crippen LogP contribution in [0.4, 0.5) is 0 Å². The van der Waals surface area contributed by atoms with Crippen LogP contribution in [0.3, 0.4) is 0 Å². The maximum atomic E-state index is 5.56. The van der Waals surface area contributed by atoms with E-state index in [0.717, 1.165) is 57.1 Å². The molecular formula is C17H22N4OS. The fourth-order valence-electron chi connectivity index (χ4n) is 3.57. The number of rotatable bonds is 3. The maximum absolute atomic E-state index is 5.56. The van der Waals surface area contributed by atoms with E-state index in [-0.39, 0.29) is 0 Å². The highest BCUT2D eigenvalue weighted by atomic mass is 32.1. The molecule has 5 nitrogen and oxygen atoms in total. The first-order valence-electron chi connectivity index (χ1n) is 8.33. The molecule has 0 amide bonds. The molecule has 2 aromatic heterocycles. The van der Waals surface area contributed by atoms with Crippen LogP contribution in [0, 0.1) is 6.92 Å². The van der Waals surface area contributed by atoms with E-state index in [9.17, 15) is 0 Å². The third-order valence-corrected chi connectivity index (χ3v) is 5.60. The van der Waals surface area contributed by atoms with Gasteiger partial charge in [0.2, 0.25) is 0 Å². The number of ether oxygens (including phenoxy) is 1. The molecule has 2 aromatic rings. The van der Waals surface area contributed by atoms with Crippen LogP contribution >= 0.6 is 11.3 Å². The van der Waals surface area contributed by atoms with Crippen LogP contribution in [0.5, 0.6) is 0 Å². The van der Waals surface area contributed by atoms with Crippen LogP contribution in [0.1, 0.15) is 40.0 Å². The fourth-order valence-corrected chi connectivity index (χ4v) is 4.17. The number of nitrogens with zero attached hydrogens (tertiary/aromatic N) is 4. The van der Waals surface area contributed by atoms with Gasteiger partial charge in [0.15, 0.2) is 0 Å². The lowest BCUT2D eigenvalue weighted by Crippen LogP contribution is -2.26. The van der Waals surface area contributed by atoms with Crippen LogP contribution < -0.4 is 0 Å². The van der Waals surface area contributed by atoms with E-state index < -0.39 is 0 Å². The van der Waals surface area contributed by atoms with Gasteiger partial charge in [-0.1, -0.05) is 0 Å². The van der Waals surface area contributed by atoms with Gasteiger partial charge in [-0.25, -0.2) is 15.0 Å². The molecule has 122 valence electrons. The number of hydrogen-bond acceptors (Lipinski definition) is 6. The fraction of sp³-hybridized carbons (Fsp3) is 0.588. The second-order valence-electron chi connectivity index (χ2n) is 6.38. The quantitative estimate of drug-likeness (QED) is 0.865. The summed E-state index contributed by atoms with van der Waals surface area (Å²) in [6.45, 7) is 6.77. The van der Waals surface area contributed by atoms with E-state index in [1.54, 1.807) is 17.7 Å². The van der Waals surface area contributed by atoms with Gasteiger partial charge in [-0.05, 0) is 25.3 Å². The molecule has 2 aliphatic rings. The molecule has 0 radical (unpaired) electrons. The molecule has 1 atom stereocenters. The van der Waals surface area contributed by atoms with E-state index in [4.69, 9.17) is 4.74 Å². The van der Waals surface area contributed by atoms with Gasteiger partial charge in [-0.3, -0.25) is 4.90 Å². The Bertz CT molecular complexity index is 681. The van der Waals surface area contributed by atoms with Crippen molar-refractivity contribution in [2.24, 2.45) is 0 Å². The molecule has 0 spiro atoms. The monoisotopic (exact) mass is 330 g/mol. The lowest BCUT2D eigenvalue weighted by Gasteiger charge is -2.18. The van der Waals surface area contributed by atoms with Gasteiger partial charge in [0, 0.05) is 49.7 Å². The van der Waals surface area contributed by atoms with Crippen molar-refractivity contribution in [3.8, 4) is 0 Å². The van der Waals surface area contributed by atoms with Gasteiger partial charge in [0.25, 0.3) is 0 Å². The van der Waals surface area contributed by atoms with Gasteiger partial charge in [0.05, 0.1) is 23.0 Å². The zero-order valence-electron chi connectivity index (χ0n) is 13.5. The van der Waals surface area contributed by atoms with Crippen molar-refractivity contribution in [3.05, 3.63) is 39.4 Å². The molecule has 0 bridgehead atoms. The Morgan fingerprint density at radius 1 is 1.30 bits per heavy atom. The molecule has 0 saturated carbocycles.